The number of hydrogen-bond donors (Lipinski definition) is 0. The highest BCUT2D eigenvalue weighted by Gasteiger charge is 2.32. The summed E-state index contributed by atoms with van der Waals surface area (Å²) >= 11 is 6.94. The van der Waals surface area contributed by atoms with Crippen molar-refractivity contribution in [2.45, 2.75) is 26.2 Å². The van der Waals surface area contributed by atoms with E-state index in [0.29, 0.717) is 22.4 Å². The lowest BCUT2D eigenvalue weighted by Gasteiger charge is -2.28. The van der Waals surface area contributed by atoms with Gasteiger partial charge in [0.1, 0.15) is 5.76 Å². The molecule has 2 aromatic rings. The van der Waals surface area contributed by atoms with Crippen LogP contribution < -0.4 is 4.90 Å². The number of amides is 1. The molecule has 3 heterocycles. The first-order valence-electron chi connectivity index (χ1n) is 9.65. The van der Waals surface area contributed by atoms with E-state index in [-0.39, 0.29) is 5.91 Å². The molecule has 1 aromatic carbocycles. The number of hydrogen-bond acceptors (Lipinski definition) is 5. The van der Waals surface area contributed by atoms with Gasteiger partial charge in [-0.15, -0.1) is 0 Å². The van der Waals surface area contributed by atoms with Gasteiger partial charge in [0.05, 0.1) is 15.1 Å². The first kappa shape index (κ1) is 21.0. The highest BCUT2D eigenvalue weighted by atomic mass is 127. The van der Waals surface area contributed by atoms with Gasteiger partial charge < -0.3 is 9.32 Å². The van der Waals surface area contributed by atoms with Gasteiger partial charge in [-0.05, 0) is 84.2 Å². The molecule has 2 fully saturated rings. The minimum atomic E-state index is -0.0382. The zero-order valence-electron chi connectivity index (χ0n) is 16.0. The summed E-state index contributed by atoms with van der Waals surface area (Å²) in [5, 5.41) is 0.704. The highest BCUT2D eigenvalue weighted by Crippen LogP contribution is 2.35. The molecule has 0 spiro atoms. The maximum absolute atomic E-state index is 12.8. The van der Waals surface area contributed by atoms with Crippen molar-refractivity contribution in [3.05, 3.63) is 49.2 Å². The molecule has 0 unspecified atom stereocenters. The van der Waals surface area contributed by atoms with E-state index in [0.717, 1.165) is 27.0 Å². The van der Waals surface area contributed by atoms with Gasteiger partial charge >= 0.3 is 0 Å². The van der Waals surface area contributed by atoms with Gasteiger partial charge in [0.15, 0.2) is 8.93 Å². The summed E-state index contributed by atoms with van der Waals surface area (Å²) in [7, 11) is 0. The molecule has 2 saturated heterocycles. The van der Waals surface area contributed by atoms with Gasteiger partial charge in [0.25, 0.3) is 5.91 Å². The summed E-state index contributed by atoms with van der Waals surface area (Å²) in [6.45, 7) is 4.78. The summed E-state index contributed by atoms with van der Waals surface area (Å²) in [6.07, 6.45) is 5.62. The predicted molar refractivity (Wildman–Crippen MR) is 132 cm³/mol. The highest BCUT2D eigenvalue weighted by molar-refractivity contribution is 14.1. The Morgan fingerprint density at radius 1 is 1.24 bits per heavy atom. The van der Waals surface area contributed by atoms with E-state index in [2.05, 4.69) is 55.6 Å². The fraction of sp³-hybridized carbons (Fsp3) is 0.333. The molecule has 29 heavy (non-hydrogen) atoms. The number of aliphatic imine (C=N–C) groups is 1. The molecule has 0 saturated carbocycles. The molecule has 1 amide bonds. The van der Waals surface area contributed by atoms with Crippen molar-refractivity contribution in [1.29, 1.82) is 0 Å². The molecular formula is C21H21BrIN3O2S. The third-order valence-corrected chi connectivity index (χ3v) is 8.08. The van der Waals surface area contributed by atoms with Crippen molar-refractivity contribution in [3.8, 4) is 0 Å². The second-order valence-electron chi connectivity index (χ2n) is 6.89. The monoisotopic (exact) mass is 585 g/mol. The first-order valence-corrected chi connectivity index (χ1v) is 12.3. The summed E-state index contributed by atoms with van der Waals surface area (Å²) in [4.78, 5) is 22.3. The van der Waals surface area contributed by atoms with Crippen LogP contribution in [0.15, 0.2) is 49.1 Å². The van der Waals surface area contributed by atoms with Crippen LogP contribution in [0.3, 0.4) is 0 Å². The van der Waals surface area contributed by atoms with Crippen molar-refractivity contribution in [1.82, 2.24) is 4.90 Å². The molecule has 8 heteroatoms. The lowest BCUT2D eigenvalue weighted by atomic mass is 10.1. The number of halogens is 2. The van der Waals surface area contributed by atoms with Crippen LogP contribution in [0.2, 0.25) is 0 Å². The van der Waals surface area contributed by atoms with Crippen LogP contribution in [0.1, 0.15) is 31.9 Å². The van der Waals surface area contributed by atoms with Gasteiger partial charge in [0.2, 0.25) is 0 Å². The van der Waals surface area contributed by atoms with Crippen LogP contribution >= 0.6 is 50.3 Å². The molecule has 0 bridgehead atoms. The molecule has 1 aromatic heterocycles. The Kier molecular flexibility index (Phi) is 6.70. The van der Waals surface area contributed by atoms with E-state index in [1.165, 1.54) is 36.7 Å². The normalized spacial score (nSPS) is 20.3. The van der Waals surface area contributed by atoms with Crippen LogP contribution in [-0.4, -0.2) is 35.6 Å². The van der Waals surface area contributed by atoms with Crippen molar-refractivity contribution in [3.63, 3.8) is 0 Å². The van der Waals surface area contributed by atoms with Gasteiger partial charge in [-0.25, -0.2) is 4.99 Å². The molecule has 0 N–H and O–H groups in total. The average molecular weight is 586 g/mol. The third kappa shape index (κ3) is 4.74. The molecule has 0 aliphatic carbocycles. The van der Waals surface area contributed by atoms with E-state index in [9.17, 15) is 4.79 Å². The number of carbonyl (C=O) groups excluding carboxylic acids is 1. The number of thioether (sulfide) groups is 1. The maximum Gasteiger partial charge on any atom is 0.266 e. The average Bonchev–Trinajstić information content (AvgIpc) is 3.21. The van der Waals surface area contributed by atoms with Crippen LogP contribution in [0.25, 0.3) is 6.08 Å². The lowest BCUT2D eigenvalue weighted by molar-refractivity contribution is -0.122. The summed E-state index contributed by atoms with van der Waals surface area (Å²) in [5.41, 5.74) is 2.10. The van der Waals surface area contributed by atoms with E-state index in [1.54, 1.807) is 11.0 Å². The number of anilines is 1. The van der Waals surface area contributed by atoms with Crippen LogP contribution in [0, 0.1) is 3.77 Å². The summed E-state index contributed by atoms with van der Waals surface area (Å²) in [6, 6.07) is 10.2. The standard InChI is InChI=1S/C21H21BrIN3O2S/c1-2-26-20(27)18(13-16-12-17(22)19(23)28-16)29-21(26)24-14-6-8-15(9-7-14)25-10-4-3-5-11-25/h6-9,12-13H,2-5,10-11H2,1H3/b18-13-,24-21?. The number of likely N-dealkylation sites (N-methyl/N-ethyl adjacent to an activating group) is 1. The van der Waals surface area contributed by atoms with E-state index < -0.39 is 0 Å². The summed E-state index contributed by atoms with van der Waals surface area (Å²) < 4.78 is 7.30. The molecule has 2 aliphatic rings. The number of nitrogens with zero attached hydrogens (tertiary/aromatic N) is 3. The SMILES string of the molecule is CCN1C(=O)/C(=C/c2cc(Br)c(I)o2)SC1=Nc1ccc(N2CCCCC2)cc1. The van der Waals surface area contributed by atoms with E-state index in [4.69, 9.17) is 9.41 Å². The second-order valence-corrected chi connectivity index (χ2v) is 9.73. The smallest absolute Gasteiger partial charge is 0.266 e. The molecule has 0 radical (unpaired) electrons. The van der Waals surface area contributed by atoms with Crippen molar-refractivity contribution >= 4 is 78.8 Å². The minimum absolute atomic E-state index is 0.0382. The molecular weight excluding hydrogens is 565 g/mol. The molecule has 152 valence electrons. The Labute approximate surface area is 196 Å². The topological polar surface area (TPSA) is 49.1 Å². The van der Waals surface area contributed by atoms with Crippen molar-refractivity contribution in [2.75, 3.05) is 24.5 Å². The lowest BCUT2D eigenvalue weighted by Crippen LogP contribution is -2.29. The van der Waals surface area contributed by atoms with Crippen molar-refractivity contribution < 1.29 is 9.21 Å². The number of rotatable bonds is 4. The molecule has 4 rings (SSSR count). The second kappa shape index (κ2) is 9.26. The fourth-order valence-corrected chi connectivity index (χ4v) is 5.19. The zero-order valence-corrected chi connectivity index (χ0v) is 20.6. The van der Waals surface area contributed by atoms with Gasteiger partial charge in [-0.3, -0.25) is 9.69 Å². The Bertz CT molecular complexity index is 945. The zero-order chi connectivity index (χ0) is 20.4. The third-order valence-electron chi connectivity index (χ3n) is 4.94. The Morgan fingerprint density at radius 2 is 1.97 bits per heavy atom. The number of furan rings is 1. The van der Waals surface area contributed by atoms with E-state index in [1.807, 2.05) is 25.1 Å². The number of amidine groups is 1. The largest absolute Gasteiger partial charge is 0.450 e. The Balaban J connectivity index is 1.55. The quantitative estimate of drug-likeness (QED) is 0.314. The molecule has 5 nitrogen and oxygen atoms in total. The Morgan fingerprint density at radius 3 is 2.59 bits per heavy atom. The molecule has 0 atom stereocenters. The van der Waals surface area contributed by atoms with Crippen LogP contribution in [0.5, 0.6) is 0 Å². The van der Waals surface area contributed by atoms with Gasteiger partial charge in [0, 0.05) is 54.0 Å². The van der Waals surface area contributed by atoms with Crippen LogP contribution in [0.4, 0.5) is 11.4 Å². The van der Waals surface area contributed by atoms with Gasteiger partial charge in [-0.2, -0.15) is 0 Å². The maximum atomic E-state index is 12.8. The first-order chi connectivity index (χ1) is 14.0. The number of carbonyl (C=O) groups is 1. The fourth-order valence-electron chi connectivity index (χ4n) is 3.43. The van der Waals surface area contributed by atoms with Crippen LogP contribution in [-0.2, 0) is 4.79 Å². The Hall–Kier alpha value is -1.26. The summed E-state index contributed by atoms with van der Waals surface area (Å²) in [5.74, 6) is 0.615. The predicted octanol–water partition coefficient (Wildman–Crippen LogP) is 6.26. The van der Waals surface area contributed by atoms with Gasteiger partial charge in [-0.1, -0.05) is 0 Å². The molecule has 2 aliphatic heterocycles. The minimum Gasteiger partial charge on any atom is -0.450 e. The number of benzene rings is 1. The van der Waals surface area contributed by atoms with E-state index >= 15 is 0 Å². The van der Waals surface area contributed by atoms with Crippen molar-refractivity contribution in [2.24, 2.45) is 4.99 Å². The number of piperidine rings is 1.